The fraction of sp³-hybridized carbons (Fsp3) is 0.400. The lowest BCUT2D eigenvalue weighted by Crippen LogP contribution is -2.28. The largest absolute Gasteiger partial charge is 0.334 e. The summed E-state index contributed by atoms with van der Waals surface area (Å²) in [6, 6.07) is 6.10. The topological polar surface area (TPSA) is 51.0 Å². The Morgan fingerprint density at radius 3 is 2.95 bits per heavy atom. The van der Waals surface area contributed by atoms with Crippen LogP contribution in [0.2, 0.25) is 0 Å². The SMILES string of the molecule is CC(=O)N1CCC[C@H]1c1cccc(-c2cncn2C)n1. The van der Waals surface area contributed by atoms with Gasteiger partial charge < -0.3 is 9.47 Å². The summed E-state index contributed by atoms with van der Waals surface area (Å²) in [5.41, 5.74) is 2.86. The van der Waals surface area contributed by atoms with Crippen molar-refractivity contribution >= 4 is 5.91 Å². The molecule has 3 heterocycles. The van der Waals surface area contributed by atoms with E-state index in [1.807, 2.05) is 40.9 Å². The molecule has 20 heavy (non-hydrogen) atoms. The van der Waals surface area contributed by atoms with Gasteiger partial charge in [-0.1, -0.05) is 6.07 Å². The molecule has 0 unspecified atom stereocenters. The lowest BCUT2D eigenvalue weighted by Gasteiger charge is -2.23. The van der Waals surface area contributed by atoms with E-state index in [0.29, 0.717) is 0 Å². The fourth-order valence-electron chi connectivity index (χ4n) is 2.83. The number of imidazole rings is 1. The van der Waals surface area contributed by atoms with Crippen LogP contribution in [0.25, 0.3) is 11.4 Å². The second-order valence-electron chi connectivity index (χ2n) is 5.21. The summed E-state index contributed by atoms with van der Waals surface area (Å²) in [6.07, 6.45) is 5.61. The Bertz CT molecular complexity index is 634. The Balaban J connectivity index is 1.96. The molecule has 0 N–H and O–H groups in total. The van der Waals surface area contributed by atoms with Gasteiger partial charge in [0.25, 0.3) is 0 Å². The second-order valence-corrected chi connectivity index (χ2v) is 5.21. The molecule has 0 saturated carbocycles. The molecule has 1 saturated heterocycles. The molecule has 1 aliphatic heterocycles. The highest BCUT2D eigenvalue weighted by molar-refractivity contribution is 5.74. The number of likely N-dealkylation sites (tertiary alicyclic amines) is 1. The molecule has 1 fully saturated rings. The van der Waals surface area contributed by atoms with Crippen molar-refractivity contribution in [1.29, 1.82) is 0 Å². The van der Waals surface area contributed by atoms with E-state index in [2.05, 4.69) is 4.98 Å². The Hall–Kier alpha value is -2.17. The number of carbonyl (C=O) groups excluding carboxylic acids is 1. The molecular weight excluding hydrogens is 252 g/mol. The molecule has 2 aromatic heterocycles. The normalized spacial score (nSPS) is 18.5. The minimum Gasteiger partial charge on any atom is -0.334 e. The van der Waals surface area contributed by atoms with Crippen LogP contribution in [0, 0.1) is 0 Å². The lowest BCUT2D eigenvalue weighted by molar-refractivity contribution is -0.129. The maximum absolute atomic E-state index is 11.7. The monoisotopic (exact) mass is 270 g/mol. The van der Waals surface area contributed by atoms with Crippen LogP contribution in [0.15, 0.2) is 30.7 Å². The second kappa shape index (κ2) is 5.07. The first kappa shape index (κ1) is 12.8. The number of hydrogen-bond acceptors (Lipinski definition) is 3. The predicted molar refractivity (Wildman–Crippen MR) is 75.8 cm³/mol. The third-order valence-corrected chi connectivity index (χ3v) is 3.85. The number of amides is 1. The van der Waals surface area contributed by atoms with Gasteiger partial charge in [0.15, 0.2) is 0 Å². The molecule has 1 amide bonds. The van der Waals surface area contributed by atoms with Gasteiger partial charge in [-0.15, -0.1) is 0 Å². The van der Waals surface area contributed by atoms with Crippen molar-refractivity contribution in [3.63, 3.8) is 0 Å². The van der Waals surface area contributed by atoms with Gasteiger partial charge in [0, 0.05) is 20.5 Å². The van der Waals surface area contributed by atoms with Crippen molar-refractivity contribution < 1.29 is 4.79 Å². The van der Waals surface area contributed by atoms with E-state index in [9.17, 15) is 4.79 Å². The van der Waals surface area contributed by atoms with E-state index in [-0.39, 0.29) is 11.9 Å². The smallest absolute Gasteiger partial charge is 0.220 e. The van der Waals surface area contributed by atoms with Gasteiger partial charge in [-0.2, -0.15) is 0 Å². The van der Waals surface area contributed by atoms with E-state index in [1.54, 1.807) is 13.3 Å². The fourth-order valence-corrected chi connectivity index (χ4v) is 2.83. The van der Waals surface area contributed by atoms with Gasteiger partial charge >= 0.3 is 0 Å². The van der Waals surface area contributed by atoms with Crippen molar-refractivity contribution in [1.82, 2.24) is 19.4 Å². The maximum atomic E-state index is 11.7. The maximum Gasteiger partial charge on any atom is 0.220 e. The zero-order valence-electron chi connectivity index (χ0n) is 11.8. The van der Waals surface area contributed by atoms with Crippen molar-refractivity contribution in [2.75, 3.05) is 6.54 Å². The Kier molecular flexibility index (Phi) is 3.26. The Morgan fingerprint density at radius 1 is 1.40 bits per heavy atom. The summed E-state index contributed by atoms with van der Waals surface area (Å²) < 4.78 is 1.95. The molecule has 2 aromatic rings. The standard InChI is InChI=1S/C15H18N4O/c1-11(20)19-8-4-7-14(19)12-5-3-6-13(17-12)15-9-16-10-18(15)2/h3,5-6,9-10,14H,4,7-8H2,1-2H3/t14-/m0/s1. The van der Waals surface area contributed by atoms with Crippen molar-refractivity contribution in [3.8, 4) is 11.4 Å². The molecule has 0 spiro atoms. The van der Waals surface area contributed by atoms with Gasteiger partial charge in [0.1, 0.15) is 0 Å². The van der Waals surface area contributed by atoms with Crippen LogP contribution in [0.4, 0.5) is 0 Å². The van der Waals surface area contributed by atoms with Crippen LogP contribution in [0.1, 0.15) is 31.5 Å². The summed E-state index contributed by atoms with van der Waals surface area (Å²) in [6.45, 7) is 2.46. The summed E-state index contributed by atoms with van der Waals surface area (Å²) in [4.78, 5) is 22.5. The van der Waals surface area contributed by atoms with E-state index in [4.69, 9.17) is 4.98 Å². The van der Waals surface area contributed by atoms with Crippen molar-refractivity contribution in [3.05, 3.63) is 36.4 Å². The molecule has 1 aliphatic rings. The number of aromatic nitrogens is 3. The van der Waals surface area contributed by atoms with Crippen molar-refractivity contribution in [2.45, 2.75) is 25.8 Å². The van der Waals surface area contributed by atoms with E-state index >= 15 is 0 Å². The number of carbonyl (C=O) groups is 1. The van der Waals surface area contributed by atoms with Crippen LogP contribution in [0.5, 0.6) is 0 Å². The van der Waals surface area contributed by atoms with E-state index < -0.39 is 0 Å². The van der Waals surface area contributed by atoms with Crippen LogP contribution in [-0.4, -0.2) is 31.9 Å². The first-order chi connectivity index (χ1) is 9.66. The molecule has 5 nitrogen and oxygen atoms in total. The molecule has 104 valence electrons. The number of nitrogens with zero attached hydrogens (tertiary/aromatic N) is 4. The molecule has 0 bridgehead atoms. The van der Waals surface area contributed by atoms with Gasteiger partial charge in [-0.3, -0.25) is 4.79 Å². The average Bonchev–Trinajstić information content (AvgIpc) is 3.07. The van der Waals surface area contributed by atoms with Gasteiger partial charge in [0.2, 0.25) is 5.91 Å². The third kappa shape index (κ3) is 2.19. The number of rotatable bonds is 2. The molecule has 3 rings (SSSR count). The quantitative estimate of drug-likeness (QED) is 0.840. The molecule has 0 aromatic carbocycles. The van der Waals surface area contributed by atoms with Gasteiger partial charge in [0.05, 0.1) is 35.6 Å². The number of hydrogen-bond donors (Lipinski definition) is 0. The number of aryl methyl sites for hydroxylation is 1. The highest BCUT2D eigenvalue weighted by Gasteiger charge is 2.29. The van der Waals surface area contributed by atoms with Crippen LogP contribution in [-0.2, 0) is 11.8 Å². The van der Waals surface area contributed by atoms with E-state index in [0.717, 1.165) is 36.5 Å². The summed E-state index contributed by atoms with van der Waals surface area (Å²) in [5, 5.41) is 0. The zero-order chi connectivity index (χ0) is 14.1. The molecular formula is C15H18N4O. The lowest BCUT2D eigenvalue weighted by atomic mass is 10.1. The minimum atomic E-state index is 0.112. The predicted octanol–water partition coefficient (Wildman–Crippen LogP) is 2.17. The van der Waals surface area contributed by atoms with Gasteiger partial charge in [-0.05, 0) is 25.0 Å². The van der Waals surface area contributed by atoms with Crippen LogP contribution < -0.4 is 0 Å². The highest BCUT2D eigenvalue weighted by atomic mass is 16.2. The van der Waals surface area contributed by atoms with Gasteiger partial charge in [-0.25, -0.2) is 9.97 Å². The number of pyridine rings is 1. The average molecular weight is 270 g/mol. The Morgan fingerprint density at radius 2 is 2.25 bits per heavy atom. The zero-order valence-corrected chi connectivity index (χ0v) is 11.8. The first-order valence-electron chi connectivity index (χ1n) is 6.87. The highest BCUT2D eigenvalue weighted by Crippen LogP contribution is 2.31. The van der Waals surface area contributed by atoms with Crippen LogP contribution >= 0.6 is 0 Å². The third-order valence-electron chi connectivity index (χ3n) is 3.85. The Labute approximate surface area is 118 Å². The summed E-state index contributed by atoms with van der Waals surface area (Å²) in [7, 11) is 1.95. The molecule has 0 aliphatic carbocycles. The summed E-state index contributed by atoms with van der Waals surface area (Å²) in [5.74, 6) is 0.125. The first-order valence-corrected chi connectivity index (χ1v) is 6.87. The summed E-state index contributed by atoms with van der Waals surface area (Å²) >= 11 is 0. The van der Waals surface area contributed by atoms with E-state index in [1.165, 1.54) is 0 Å². The van der Waals surface area contributed by atoms with Crippen LogP contribution in [0.3, 0.4) is 0 Å². The molecule has 1 atom stereocenters. The molecule has 5 heteroatoms. The molecule has 0 radical (unpaired) electrons. The van der Waals surface area contributed by atoms with Crippen molar-refractivity contribution in [2.24, 2.45) is 7.05 Å². The minimum absolute atomic E-state index is 0.112.